The number of benzene rings is 2. The molecule has 4 N–H and O–H groups in total. The van der Waals surface area contributed by atoms with Crippen LogP contribution in [0.4, 0.5) is 5.69 Å². The molecule has 3 aromatic rings. The Morgan fingerprint density at radius 1 is 1.11 bits per heavy atom. The molecule has 0 fully saturated rings. The molecule has 2 aromatic carbocycles. The molecule has 1 amide bonds. The molecule has 0 atom stereocenters. The van der Waals surface area contributed by atoms with Crippen LogP contribution in [0, 0.1) is 6.92 Å². The van der Waals surface area contributed by atoms with Gasteiger partial charge in [0.2, 0.25) is 5.91 Å². The van der Waals surface area contributed by atoms with Crippen LogP contribution in [0.15, 0.2) is 51.7 Å². The highest BCUT2D eigenvalue weighted by molar-refractivity contribution is 6.07. The summed E-state index contributed by atoms with van der Waals surface area (Å²) in [6.07, 6.45) is 0.444. The van der Waals surface area contributed by atoms with E-state index in [4.69, 9.17) is 10.2 Å². The topological polar surface area (TPSA) is 116 Å². The van der Waals surface area contributed by atoms with E-state index in [0.717, 1.165) is 16.7 Å². The number of nitrogens with two attached hydrogens (primary N) is 2. The molecule has 6 nitrogen and oxygen atoms in total. The second-order valence-electron chi connectivity index (χ2n) is 6.11. The molecular formula is C21H22N2O4. The van der Waals surface area contributed by atoms with Crippen molar-refractivity contribution in [1.82, 2.24) is 0 Å². The van der Waals surface area contributed by atoms with Gasteiger partial charge in [-0.15, -0.1) is 0 Å². The first-order valence-corrected chi connectivity index (χ1v) is 8.47. The fraction of sp³-hybridized carbons (Fsp3) is 0.190. The maximum Gasteiger partial charge on any atom is 0.349 e. The summed E-state index contributed by atoms with van der Waals surface area (Å²) in [6, 6.07) is 13.3. The highest BCUT2D eigenvalue weighted by atomic mass is 16.4. The van der Waals surface area contributed by atoms with Crippen molar-refractivity contribution in [3.05, 3.63) is 64.0 Å². The maximum atomic E-state index is 12.1. The van der Waals surface area contributed by atoms with Crippen LogP contribution in [0.2, 0.25) is 0 Å². The van der Waals surface area contributed by atoms with Gasteiger partial charge in [0.1, 0.15) is 11.1 Å². The lowest BCUT2D eigenvalue weighted by molar-refractivity contribution is -0.117. The third-order valence-electron chi connectivity index (χ3n) is 4.00. The molecule has 0 aliphatic carbocycles. The summed E-state index contributed by atoms with van der Waals surface area (Å²) in [4.78, 5) is 33.3. The molecule has 27 heavy (non-hydrogen) atoms. The smallest absolute Gasteiger partial charge is 0.349 e. The summed E-state index contributed by atoms with van der Waals surface area (Å²) in [5, 5.41) is 0.573. The molecule has 0 aliphatic rings. The minimum Gasteiger partial charge on any atom is -0.421 e. The normalized spacial score (nSPS) is 10.2. The zero-order chi connectivity index (χ0) is 20.1. The van der Waals surface area contributed by atoms with Gasteiger partial charge in [0.25, 0.3) is 0 Å². The number of carbonyl (C=O) groups is 2. The van der Waals surface area contributed by atoms with Crippen molar-refractivity contribution in [1.29, 1.82) is 0 Å². The molecule has 6 heteroatoms. The first-order chi connectivity index (χ1) is 12.8. The number of amides is 1. The largest absolute Gasteiger partial charge is 0.421 e. The number of hydrogen-bond donors (Lipinski definition) is 2. The number of para-hydroxylation sites is 1. The van der Waals surface area contributed by atoms with E-state index in [1.165, 1.54) is 6.92 Å². The van der Waals surface area contributed by atoms with E-state index >= 15 is 0 Å². The van der Waals surface area contributed by atoms with Gasteiger partial charge in [-0.2, -0.15) is 0 Å². The van der Waals surface area contributed by atoms with E-state index in [1.807, 2.05) is 43.3 Å². The number of carbonyl (C=O) groups excluding carboxylic acids is 2. The quantitative estimate of drug-likeness (QED) is 0.544. The minimum atomic E-state index is -0.697. The number of rotatable bonds is 3. The number of ketones is 1. The number of hydrogen-bond acceptors (Lipinski definition) is 5. The van der Waals surface area contributed by atoms with Crippen LogP contribution in [0.1, 0.15) is 36.2 Å². The number of aryl methyl sites for hydroxylation is 1. The van der Waals surface area contributed by atoms with Crippen LogP contribution in [0.3, 0.4) is 0 Å². The molecule has 0 saturated heterocycles. The third-order valence-corrected chi connectivity index (χ3v) is 4.00. The lowest BCUT2D eigenvalue weighted by atomic mass is 9.99. The van der Waals surface area contributed by atoms with E-state index in [2.05, 4.69) is 5.73 Å². The van der Waals surface area contributed by atoms with Crippen molar-refractivity contribution < 1.29 is 14.0 Å². The Hall–Kier alpha value is -3.41. The van der Waals surface area contributed by atoms with Gasteiger partial charge in [-0.1, -0.05) is 48.9 Å². The molecule has 0 unspecified atom stereocenters. The van der Waals surface area contributed by atoms with E-state index < -0.39 is 11.4 Å². The minimum absolute atomic E-state index is 0.0890. The van der Waals surface area contributed by atoms with Crippen molar-refractivity contribution in [3.63, 3.8) is 0 Å². The van der Waals surface area contributed by atoms with Crippen LogP contribution in [0.5, 0.6) is 0 Å². The summed E-state index contributed by atoms with van der Waals surface area (Å²) in [7, 11) is 0. The Morgan fingerprint density at radius 3 is 2.30 bits per heavy atom. The fourth-order valence-corrected chi connectivity index (χ4v) is 2.62. The fourth-order valence-electron chi connectivity index (χ4n) is 2.62. The summed E-state index contributed by atoms with van der Waals surface area (Å²) in [5.74, 6) is -0.640. The molecule has 0 saturated carbocycles. The summed E-state index contributed by atoms with van der Waals surface area (Å²) in [5.41, 5.74) is 13.3. The Morgan fingerprint density at radius 2 is 1.74 bits per heavy atom. The van der Waals surface area contributed by atoms with Crippen LogP contribution in [-0.2, 0) is 4.79 Å². The SMILES string of the molecule is CC(=O)c1c(N)c2cccc(-c3cccc(C)c3)c2oc1=O.CCC(N)=O. The monoisotopic (exact) mass is 366 g/mol. The zero-order valence-electron chi connectivity index (χ0n) is 15.5. The second kappa shape index (κ2) is 8.31. The van der Waals surface area contributed by atoms with Gasteiger partial charge in [0.15, 0.2) is 5.78 Å². The molecule has 0 radical (unpaired) electrons. The molecule has 140 valence electrons. The molecule has 0 bridgehead atoms. The van der Waals surface area contributed by atoms with Gasteiger partial charge in [-0.05, 0) is 25.5 Å². The van der Waals surface area contributed by atoms with Crippen molar-refractivity contribution in [2.75, 3.05) is 5.73 Å². The lowest BCUT2D eigenvalue weighted by Gasteiger charge is -2.09. The van der Waals surface area contributed by atoms with Crippen LogP contribution < -0.4 is 17.1 Å². The van der Waals surface area contributed by atoms with E-state index in [0.29, 0.717) is 17.4 Å². The Labute approximate surface area is 156 Å². The summed E-state index contributed by atoms with van der Waals surface area (Å²) >= 11 is 0. The van der Waals surface area contributed by atoms with Gasteiger partial charge >= 0.3 is 5.63 Å². The van der Waals surface area contributed by atoms with E-state index in [9.17, 15) is 14.4 Å². The standard InChI is InChI=1S/C18H15NO3.C3H7NO/c1-10-5-3-6-12(9-10)13-7-4-8-14-16(19)15(11(2)20)18(21)22-17(13)14;1-2-3(4)5/h3-9H,19H2,1-2H3;2H2,1H3,(H2,4,5). The third kappa shape index (κ3) is 4.41. The maximum absolute atomic E-state index is 12.1. The van der Waals surface area contributed by atoms with Crippen molar-refractivity contribution in [2.24, 2.45) is 5.73 Å². The predicted octanol–water partition coefficient (Wildman–Crippen LogP) is 3.43. The van der Waals surface area contributed by atoms with Gasteiger partial charge in [0, 0.05) is 17.4 Å². The number of fused-ring (bicyclic) bond motifs is 1. The van der Waals surface area contributed by atoms with Gasteiger partial charge in [0.05, 0.1) is 5.69 Å². The molecule has 1 heterocycles. The molecule has 0 spiro atoms. The average molecular weight is 366 g/mol. The van der Waals surface area contributed by atoms with Crippen molar-refractivity contribution >= 4 is 28.3 Å². The van der Waals surface area contributed by atoms with Crippen molar-refractivity contribution in [2.45, 2.75) is 27.2 Å². The Balaban J connectivity index is 0.000000465. The zero-order valence-corrected chi connectivity index (χ0v) is 15.5. The van der Waals surface area contributed by atoms with E-state index in [-0.39, 0.29) is 17.2 Å². The predicted molar refractivity (Wildman–Crippen MR) is 107 cm³/mol. The molecule has 3 rings (SSSR count). The number of primary amides is 1. The first kappa shape index (κ1) is 19.9. The highest BCUT2D eigenvalue weighted by Crippen LogP contribution is 2.32. The van der Waals surface area contributed by atoms with Gasteiger partial charge < -0.3 is 15.9 Å². The number of Topliss-reactive ketones (excluding diaryl/α,β-unsaturated/α-hetero) is 1. The molecule has 0 aliphatic heterocycles. The molecular weight excluding hydrogens is 344 g/mol. The Bertz CT molecular complexity index is 1070. The lowest BCUT2D eigenvalue weighted by Crippen LogP contribution is -2.15. The van der Waals surface area contributed by atoms with Gasteiger partial charge in [-0.3, -0.25) is 9.59 Å². The number of nitrogen functional groups attached to an aromatic ring is 1. The average Bonchev–Trinajstić information content (AvgIpc) is 2.61. The second-order valence-corrected chi connectivity index (χ2v) is 6.11. The van der Waals surface area contributed by atoms with Gasteiger partial charge in [-0.25, -0.2) is 4.79 Å². The van der Waals surface area contributed by atoms with E-state index in [1.54, 1.807) is 13.0 Å². The van der Waals surface area contributed by atoms with Crippen LogP contribution in [-0.4, -0.2) is 11.7 Å². The van der Waals surface area contributed by atoms with Crippen LogP contribution in [0.25, 0.3) is 22.1 Å². The number of anilines is 1. The summed E-state index contributed by atoms with van der Waals surface area (Å²) < 4.78 is 5.40. The van der Waals surface area contributed by atoms with Crippen LogP contribution >= 0.6 is 0 Å². The highest BCUT2D eigenvalue weighted by Gasteiger charge is 2.18. The summed E-state index contributed by atoms with van der Waals surface area (Å²) in [6.45, 7) is 5.02. The van der Waals surface area contributed by atoms with Crippen molar-refractivity contribution in [3.8, 4) is 11.1 Å². The Kier molecular flexibility index (Phi) is 6.13. The molecule has 1 aromatic heterocycles. The first-order valence-electron chi connectivity index (χ1n) is 8.47.